The molecule has 1 amide bonds. The number of ether oxygens (including phenoxy) is 1. The van der Waals surface area contributed by atoms with E-state index in [-0.39, 0.29) is 17.9 Å². The van der Waals surface area contributed by atoms with Gasteiger partial charge in [-0.15, -0.1) is 11.3 Å². The highest BCUT2D eigenvalue weighted by atomic mass is 32.1. The monoisotopic (exact) mass is 400 g/mol. The zero-order valence-electron chi connectivity index (χ0n) is 14.7. The summed E-state index contributed by atoms with van der Waals surface area (Å²) in [6.07, 6.45) is 1.46. The molecule has 144 valence electrons. The highest BCUT2D eigenvalue weighted by Crippen LogP contribution is 2.26. The van der Waals surface area contributed by atoms with Gasteiger partial charge in [0.2, 0.25) is 0 Å². The van der Waals surface area contributed by atoms with E-state index in [9.17, 15) is 18.8 Å². The van der Waals surface area contributed by atoms with Gasteiger partial charge in [-0.3, -0.25) is 14.4 Å². The Morgan fingerprint density at radius 2 is 1.89 bits per heavy atom. The number of thiophene rings is 1. The largest absolute Gasteiger partial charge is 0.454 e. The molecule has 0 aliphatic rings. The van der Waals surface area contributed by atoms with Gasteiger partial charge in [0, 0.05) is 17.1 Å². The first-order valence-electron chi connectivity index (χ1n) is 8.42. The van der Waals surface area contributed by atoms with E-state index in [1.807, 2.05) is 17.5 Å². The molecule has 1 aromatic carbocycles. The number of pyridine rings is 1. The lowest BCUT2D eigenvalue weighted by atomic mass is 10.1. The zero-order valence-corrected chi connectivity index (χ0v) is 15.5. The topological polar surface area (TPSA) is 77.4 Å². The summed E-state index contributed by atoms with van der Waals surface area (Å²) < 4.78 is 19.4. The first-order chi connectivity index (χ1) is 13.5. The summed E-state index contributed by atoms with van der Waals surface area (Å²) in [6.45, 7) is -0.761. The predicted octanol–water partition coefficient (Wildman–Crippen LogP) is 2.50. The molecule has 0 fully saturated rings. The van der Waals surface area contributed by atoms with Crippen LogP contribution in [0.5, 0.6) is 0 Å². The summed E-state index contributed by atoms with van der Waals surface area (Å²) >= 11 is 1.45. The minimum atomic E-state index is -0.696. The maximum absolute atomic E-state index is 13.2. The number of esters is 1. The number of carbonyl (C=O) groups excluding carboxylic acids is 2. The minimum absolute atomic E-state index is 0.279. The first kappa shape index (κ1) is 19.5. The Morgan fingerprint density at radius 1 is 1.11 bits per heavy atom. The Bertz CT molecular complexity index is 1000. The van der Waals surface area contributed by atoms with Crippen LogP contribution < -0.4 is 10.9 Å². The molecule has 2 heterocycles. The second kappa shape index (κ2) is 9.09. The van der Waals surface area contributed by atoms with Crippen LogP contribution >= 0.6 is 11.3 Å². The van der Waals surface area contributed by atoms with E-state index in [0.717, 1.165) is 4.88 Å². The minimum Gasteiger partial charge on any atom is -0.454 e. The number of aromatic nitrogens is 1. The van der Waals surface area contributed by atoms with E-state index in [0.29, 0.717) is 5.56 Å². The SMILES string of the molecule is O=C(COC(=O)Cn1ccccc1=O)N[C@@H](c1ccc(F)cc1)c1cccs1. The molecule has 0 aliphatic carbocycles. The molecule has 0 bridgehead atoms. The van der Waals surface area contributed by atoms with Crippen LogP contribution in [-0.2, 0) is 20.9 Å². The number of hydrogen-bond acceptors (Lipinski definition) is 5. The molecule has 0 unspecified atom stereocenters. The van der Waals surface area contributed by atoms with Crippen molar-refractivity contribution < 1.29 is 18.7 Å². The van der Waals surface area contributed by atoms with Gasteiger partial charge >= 0.3 is 5.97 Å². The van der Waals surface area contributed by atoms with Crippen molar-refractivity contribution in [1.29, 1.82) is 0 Å². The molecule has 28 heavy (non-hydrogen) atoms. The van der Waals surface area contributed by atoms with Crippen molar-refractivity contribution in [3.63, 3.8) is 0 Å². The normalized spacial score (nSPS) is 11.6. The van der Waals surface area contributed by atoms with E-state index in [2.05, 4.69) is 5.32 Å². The van der Waals surface area contributed by atoms with E-state index in [1.54, 1.807) is 24.3 Å². The lowest BCUT2D eigenvalue weighted by Gasteiger charge is -2.18. The fraction of sp³-hybridized carbons (Fsp3) is 0.150. The van der Waals surface area contributed by atoms with E-state index in [1.165, 1.54) is 40.3 Å². The van der Waals surface area contributed by atoms with Crippen LogP contribution in [0.1, 0.15) is 16.5 Å². The highest BCUT2D eigenvalue weighted by Gasteiger charge is 2.19. The second-order valence-corrected chi connectivity index (χ2v) is 6.87. The summed E-state index contributed by atoms with van der Waals surface area (Å²) in [5.74, 6) is -1.57. The van der Waals surface area contributed by atoms with Gasteiger partial charge in [-0.1, -0.05) is 24.3 Å². The van der Waals surface area contributed by atoms with Gasteiger partial charge in [0.15, 0.2) is 6.61 Å². The molecule has 0 aliphatic heterocycles. The third-order valence-corrected chi connectivity index (χ3v) is 4.84. The summed E-state index contributed by atoms with van der Waals surface area (Å²) in [5.41, 5.74) is 0.373. The fourth-order valence-corrected chi connectivity index (χ4v) is 3.36. The van der Waals surface area contributed by atoms with Crippen molar-refractivity contribution in [3.8, 4) is 0 Å². The molecule has 0 radical (unpaired) electrons. The third-order valence-electron chi connectivity index (χ3n) is 3.90. The number of rotatable bonds is 7. The summed E-state index contributed by atoms with van der Waals surface area (Å²) in [4.78, 5) is 36.6. The van der Waals surface area contributed by atoms with Crippen LogP contribution in [0.15, 0.2) is 71.0 Å². The number of hydrogen-bond donors (Lipinski definition) is 1. The molecular formula is C20H17FN2O4S. The summed E-state index contributed by atoms with van der Waals surface area (Å²) in [6, 6.07) is 13.6. The predicted molar refractivity (Wildman–Crippen MR) is 102 cm³/mol. The molecular weight excluding hydrogens is 383 g/mol. The molecule has 0 saturated heterocycles. The summed E-state index contributed by atoms with van der Waals surface area (Å²) in [5, 5.41) is 4.66. The molecule has 2 aromatic heterocycles. The maximum Gasteiger partial charge on any atom is 0.326 e. The van der Waals surface area contributed by atoms with Gasteiger partial charge in [0.1, 0.15) is 12.4 Å². The molecule has 0 saturated carbocycles. The van der Waals surface area contributed by atoms with E-state index < -0.39 is 24.5 Å². The number of halogens is 1. The van der Waals surface area contributed by atoms with Crippen molar-refractivity contribution in [2.75, 3.05) is 6.61 Å². The molecule has 0 spiro atoms. The van der Waals surface area contributed by atoms with E-state index >= 15 is 0 Å². The van der Waals surface area contributed by atoms with Gasteiger partial charge in [-0.2, -0.15) is 0 Å². The highest BCUT2D eigenvalue weighted by molar-refractivity contribution is 7.10. The lowest BCUT2D eigenvalue weighted by Crippen LogP contribution is -2.33. The molecule has 1 N–H and O–H groups in total. The maximum atomic E-state index is 13.2. The van der Waals surface area contributed by atoms with Crippen LogP contribution in [0.2, 0.25) is 0 Å². The fourth-order valence-electron chi connectivity index (χ4n) is 2.55. The zero-order chi connectivity index (χ0) is 19.9. The van der Waals surface area contributed by atoms with Gasteiger partial charge in [0.05, 0.1) is 6.04 Å². The van der Waals surface area contributed by atoms with Crippen LogP contribution in [0.4, 0.5) is 4.39 Å². The van der Waals surface area contributed by atoms with Crippen molar-refractivity contribution >= 4 is 23.2 Å². The van der Waals surface area contributed by atoms with Crippen LogP contribution in [0.25, 0.3) is 0 Å². The number of nitrogens with one attached hydrogen (secondary N) is 1. The average molecular weight is 400 g/mol. The Kier molecular flexibility index (Phi) is 6.33. The standard InChI is InChI=1S/C20H17FN2O4S/c21-15-8-6-14(7-9-15)20(16-4-3-11-28-16)22-17(24)13-27-19(26)12-23-10-2-1-5-18(23)25/h1-11,20H,12-13H2,(H,22,24)/t20-/m0/s1. The van der Waals surface area contributed by atoms with Crippen LogP contribution in [0.3, 0.4) is 0 Å². The molecule has 8 heteroatoms. The Labute approximate surface area is 164 Å². The van der Waals surface area contributed by atoms with Gasteiger partial charge < -0.3 is 14.6 Å². The molecule has 1 atom stereocenters. The average Bonchev–Trinajstić information content (AvgIpc) is 3.22. The van der Waals surface area contributed by atoms with Gasteiger partial charge in [-0.05, 0) is 35.2 Å². The Balaban J connectivity index is 1.61. The number of benzene rings is 1. The Morgan fingerprint density at radius 3 is 2.57 bits per heavy atom. The molecule has 6 nitrogen and oxygen atoms in total. The van der Waals surface area contributed by atoms with Crippen molar-refractivity contribution in [2.45, 2.75) is 12.6 Å². The van der Waals surface area contributed by atoms with Crippen molar-refractivity contribution in [3.05, 3.63) is 92.8 Å². The van der Waals surface area contributed by atoms with E-state index in [4.69, 9.17) is 4.74 Å². The van der Waals surface area contributed by atoms with Crippen molar-refractivity contribution in [1.82, 2.24) is 9.88 Å². The first-order valence-corrected chi connectivity index (χ1v) is 9.30. The molecule has 3 rings (SSSR count). The van der Waals surface area contributed by atoms with Gasteiger partial charge in [0.25, 0.3) is 11.5 Å². The molecule has 3 aromatic rings. The lowest BCUT2D eigenvalue weighted by molar-refractivity contribution is -0.149. The summed E-state index contributed by atoms with van der Waals surface area (Å²) in [7, 11) is 0. The number of nitrogens with zero attached hydrogens (tertiary/aromatic N) is 1. The second-order valence-electron chi connectivity index (χ2n) is 5.89. The Hall–Kier alpha value is -3.26. The number of carbonyl (C=O) groups is 2. The number of amides is 1. The van der Waals surface area contributed by atoms with Gasteiger partial charge in [-0.25, -0.2) is 4.39 Å². The quantitative estimate of drug-likeness (QED) is 0.618. The van der Waals surface area contributed by atoms with Crippen LogP contribution in [-0.4, -0.2) is 23.1 Å². The van der Waals surface area contributed by atoms with Crippen molar-refractivity contribution in [2.24, 2.45) is 0 Å². The third kappa shape index (κ3) is 5.14. The van der Waals surface area contributed by atoms with Crippen LogP contribution in [0, 0.1) is 5.82 Å². The smallest absolute Gasteiger partial charge is 0.326 e.